The van der Waals surface area contributed by atoms with Crippen LogP contribution < -0.4 is 10.2 Å². The van der Waals surface area contributed by atoms with Gasteiger partial charge in [-0.2, -0.15) is 5.10 Å². The lowest BCUT2D eigenvalue weighted by Gasteiger charge is -2.34. The maximum Gasteiger partial charge on any atom is 0.275 e. The number of quaternary nitrogens is 1. The van der Waals surface area contributed by atoms with Crippen LogP contribution in [0.3, 0.4) is 0 Å². The largest absolute Gasteiger partial charge is 0.348 e. The maximum atomic E-state index is 12.6. The molecule has 29 heavy (non-hydrogen) atoms. The highest BCUT2D eigenvalue weighted by atomic mass is 32.2. The van der Waals surface area contributed by atoms with Gasteiger partial charge in [0.05, 0.1) is 35.9 Å². The minimum Gasteiger partial charge on any atom is -0.348 e. The van der Waals surface area contributed by atoms with Crippen molar-refractivity contribution in [3.05, 3.63) is 17.0 Å². The van der Waals surface area contributed by atoms with Gasteiger partial charge < -0.3 is 10.2 Å². The van der Waals surface area contributed by atoms with E-state index in [2.05, 4.69) is 24.3 Å². The summed E-state index contributed by atoms with van der Waals surface area (Å²) in [5, 5.41) is 7.90. The van der Waals surface area contributed by atoms with Gasteiger partial charge in [0.25, 0.3) is 5.91 Å². The molecule has 1 saturated heterocycles. The predicted octanol–water partition coefficient (Wildman–Crippen LogP) is 0.815. The van der Waals surface area contributed by atoms with Crippen molar-refractivity contribution >= 4 is 15.7 Å². The number of hydrogen-bond donors (Lipinski definition) is 2. The number of nitrogens with one attached hydrogen (secondary N) is 2. The molecule has 7 nitrogen and oxygen atoms in total. The van der Waals surface area contributed by atoms with E-state index in [1.807, 2.05) is 25.6 Å². The van der Waals surface area contributed by atoms with Gasteiger partial charge in [-0.3, -0.25) is 9.48 Å². The van der Waals surface area contributed by atoms with Gasteiger partial charge in [0, 0.05) is 11.7 Å². The summed E-state index contributed by atoms with van der Waals surface area (Å²) >= 11 is 0. The molecule has 8 heteroatoms. The smallest absolute Gasteiger partial charge is 0.275 e. The Morgan fingerprint density at radius 2 is 1.97 bits per heavy atom. The summed E-state index contributed by atoms with van der Waals surface area (Å²) in [6.45, 7) is 9.65. The Labute approximate surface area is 175 Å². The summed E-state index contributed by atoms with van der Waals surface area (Å²) in [6, 6.07) is 0.223. The van der Waals surface area contributed by atoms with Crippen LogP contribution in [0.25, 0.3) is 0 Å². The molecule has 1 aromatic rings. The van der Waals surface area contributed by atoms with E-state index < -0.39 is 9.84 Å². The van der Waals surface area contributed by atoms with Crippen molar-refractivity contribution in [3.63, 3.8) is 0 Å². The zero-order valence-corrected chi connectivity index (χ0v) is 19.3. The van der Waals surface area contributed by atoms with Crippen molar-refractivity contribution in [3.8, 4) is 0 Å². The number of aromatic nitrogens is 2. The molecular weight excluding hydrogens is 388 g/mol. The monoisotopic (exact) mass is 425 g/mol. The van der Waals surface area contributed by atoms with Gasteiger partial charge in [0.2, 0.25) is 0 Å². The molecule has 1 aliphatic heterocycles. The minimum atomic E-state index is -2.94. The number of aryl methyl sites for hydroxylation is 1. The van der Waals surface area contributed by atoms with E-state index in [0.29, 0.717) is 31.3 Å². The van der Waals surface area contributed by atoms with E-state index in [0.717, 1.165) is 28.3 Å². The molecule has 164 valence electrons. The average molecular weight is 426 g/mol. The molecular formula is C21H37N4O3S+. The molecule has 2 aliphatic rings. The lowest BCUT2D eigenvalue weighted by atomic mass is 9.78. The number of carbonyl (C=O) groups excluding carboxylic acids is 1. The van der Waals surface area contributed by atoms with E-state index in [-0.39, 0.29) is 29.5 Å². The van der Waals surface area contributed by atoms with Crippen LogP contribution in [0, 0.1) is 25.7 Å². The highest BCUT2D eigenvalue weighted by Gasteiger charge is 2.32. The summed E-state index contributed by atoms with van der Waals surface area (Å²) < 4.78 is 25.6. The van der Waals surface area contributed by atoms with Gasteiger partial charge >= 0.3 is 0 Å². The van der Waals surface area contributed by atoms with Crippen molar-refractivity contribution in [1.29, 1.82) is 0 Å². The molecule has 1 unspecified atom stereocenters. The lowest BCUT2D eigenvalue weighted by Crippen LogP contribution is -3.09. The van der Waals surface area contributed by atoms with Crippen molar-refractivity contribution in [2.45, 2.75) is 72.0 Å². The first-order chi connectivity index (χ1) is 13.6. The Bertz CT molecular complexity index is 848. The third-order valence-corrected chi connectivity index (χ3v) is 8.77. The normalized spacial score (nSPS) is 30.2. The molecule has 2 heterocycles. The molecule has 2 fully saturated rings. The molecule has 0 aromatic carbocycles. The third-order valence-electron chi connectivity index (χ3n) is 7.02. The second-order valence-corrected chi connectivity index (χ2v) is 11.6. The van der Waals surface area contributed by atoms with Crippen LogP contribution in [0.2, 0.25) is 0 Å². The number of rotatable bonds is 6. The van der Waals surface area contributed by atoms with E-state index >= 15 is 0 Å². The number of hydrogen-bond acceptors (Lipinski definition) is 4. The molecule has 1 saturated carbocycles. The second-order valence-electron chi connectivity index (χ2n) is 9.40. The van der Waals surface area contributed by atoms with Gasteiger partial charge in [-0.15, -0.1) is 0 Å². The number of nitrogens with zero attached hydrogens (tertiary/aromatic N) is 2. The van der Waals surface area contributed by atoms with Crippen LogP contribution in [0.4, 0.5) is 0 Å². The Kier molecular flexibility index (Phi) is 6.73. The van der Waals surface area contributed by atoms with Gasteiger partial charge in [-0.25, -0.2) is 8.42 Å². The zero-order valence-electron chi connectivity index (χ0n) is 18.5. The van der Waals surface area contributed by atoms with Crippen LogP contribution in [0.5, 0.6) is 0 Å². The fourth-order valence-electron chi connectivity index (χ4n) is 4.96. The topological polar surface area (TPSA) is 85.5 Å². The maximum absolute atomic E-state index is 12.6. The van der Waals surface area contributed by atoms with Gasteiger partial charge in [0.1, 0.15) is 6.54 Å². The molecule has 1 amide bonds. The SMILES string of the molecule is Cc1nn([C@@H]2CCS(=O)(=O)C2)c(C)c1C[NH+](C)CC(=O)N[C@@H]1CCC[C@H](C)[C@@H]1C. The summed E-state index contributed by atoms with van der Waals surface area (Å²) in [5.41, 5.74) is 3.08. The molecule has 1 aliphatic carbocycles. The fourth-order valence-corrected chi connectivity index (χ4v) is 6.65. The van der Waals surface area contributed by atoms with E-state index in [1.54, 1.807) is 0 Å². The third kappa shape index (κ3) is 5.20. The highest BCUT2D eigenvalue weighted by molar-refractivity contribution is 7.91. The van der Waals surface area contributed by atoms with Gasteiger partial charge in [-0.1, -0.05) is 26.7 Å². The van der Waals surface area contributed by atoms with Crippen molar-refractivity contribution in [2.75, 3.05) is 25.1 Å². The summed E-state index contributed by atoms with van der Waals surface area (Å²) in [4.78, 5) is 13.7. The predicted molar refractivity (Wildman–Crippen MR) is 114 cm³/mol. The zero-order chi connectivity index (χ0) is 21.3. The number of sulfone groups is 1. The molecule has 0 bridgehead atoms. The van der Waals surface area contributed by atoms with Crippen LogP contribution in [-0.4, -0.2) is 55.2 Å². The summed E-state index contributed by atoms with van der Waals surface area (Å²) in [7, 11) is -0.914. The first-order valence-electron chi connectivity index (χ1n) is 10.9. The Hall–Kier alpha value is -1.41. The van der Waals surface area contributed by atoms with Crippen LogP contribution >= 0.6 is 0 Å². The Morgan fingerprint density at radius 1 is 1.24 bits per heavy atom. The van der Waals surface area contributed by atoms with E-state index in [4.69, 9.17) is 0 Å². The Balaban J connectivity index is 1.59. The van der Waals surface area contributed by atoms with Crippen molar-refractivity contribution in [1.82, 2.24) is 15.1 Å². The fraction of sp³-hybridized carbons (Fsp3) is 0.810. The number of likely N-dealkylation sites (N-methyl/N-ethyl adjacent to an activating group) is 1. The molecule has 0 spiro atoms. The highest BCUT2D eigenvalue weighted by Crippen LogP contribution is 2.29. The molecule has 5 atom stereocenters. The van der Waals surface area contributed by atoms with Crippen LogP contribution in [-0.2, 0) is 21.2 Å². The average Bonchev–Trinajstić information content (AvgIpc) is 3.12. The lowest BCUT2D eigenvalue weighted by molar-refractivity contribution is -0.885. The quantitative estimate of drug-likeness (QED) is 0.707. The van der Waals surface area contributed by atoms with E-state index in [1.165, 1.54) is 12.8 Å². The number of amides is 1. The summed E-state index contributed by atoms with van der Waals surface area (Å²) in [6.07, 6.45) is 4.15. The minimum absolute atomic E-state index is 0.0640. The number of carbonyl (C=O) groups is 1. The molecule has 3 rings (SSSR count). The molecule has 0 radical (unpaired) electrons. The van der Waals surface area contributed by atoms with E-state index in [9.17, 15) is 13.2 Å². The second kappa shape index (κ2) is 8.76. The Morgan fingerprint density at radius 3 is 2.62 bits per heavy atom. The van der Waals surface area contributed by atoms with Crippen molar-refractivity contribution in [2.24, 2.45) is 11.8 Å². The van der Waals surface area contributed by atoms with Crippen LogP contribution in [0.15, 0.2) is 0 Å². The molecule has 1 aromatic heterocycles. The first kappa shape index (κ1) is 22.3. The summed E-state index contributed by atoms with van der Waals surface area (Å²) in [5.74, 6) is 1.72. The standard InChI is InChI=1S/C21H36N4O3S/c1-14-7-6-8-20(15(14)2)22-21(26)12-24(5)11-19-16(3)23-25(17(19)4)18-9-10-29(27,28)13-18/h14-15,18,20H,6-13H2,1-5H3,(H,22,26)/p+1/t14-,15-,18+,20+/m0/s1. The van der Waals surface area contributed by atoms with Crippen molar-refractivity contribution < 1.29 is 18.1 Å². The van der Waals surface area contributed by atoms with Crippen LogP contribution in [0.1, 0.15) is 62.5 Å². The van der Waals surface area contributed by atoms with Gasteiger partial charge in [-0.05, 0) is 38.5 Å². The first-order valence-corrected chi connectivity index (χ1v) is 12.7. The molecule has 2 N–H and O–H groups in total. The van der Waals surface area contributed by atoms with Gasteiger partial charge in [0.15, 0.2) is 16.4 Å².